The van der Waals surface area contributed by atoms with E-state index in [1.54, 1.807) is 25.2 Å². The lowest BCUT2D eigenvalue weighted by atomic mass is 10.1. The first kappa shape index (κ1) is 18.1. The molecule has 0 radical (unpaired) electrons. The average molecular weight is 416 g/mol. The monoisotopic (exact) mass is 415 g/mol. The van der Waals surface area contributed by atoms with Crippen LogP contribution in [0.3, 0.4) is 0 Å². The summed E-state index contributed by atoms with van der Waals surface area (Å²) in [4.78, 5) is 18.6. The van der Waals surface area contributed by atoms with E-state index in [4.69, 9.17) is 9.26 Å². The first-order chi connectivity index (χ1) is 12.6. The summed E-state index contributed by atoms with van der Waals surface area (Å²) in [7, 11) is 1.69. The third-order valence-corrected chi connectivity index (χ3v) is 4.18. The summed E-state index contributed by atoms with van der Waals surface area (Å²) in [5, 5.41) is 3.85. The summed E-state index contributed by atoms with van der Waals surface area (Å²) in [6, 6.07) is 14.6. The molecule has 0 fully saturated rings. The Kier molecular flexibility index (Phi) is 5.68. The Labute approximate surface area is 159 Å². The normalized spacial score (nSPS) is 10.6. The van der Waals surface area contributed by atoms with Crippen molar-refractivity contribution in [3.8, 4) is 11.5 Å². The maximum absolute atomic E-state index is 12.9. The number of ether oxygens (including phenoxy) is 1. The zero-order chi connectivity index (χ0) is 18.5. The SMILES string of the molecule is CCc1noc(CN(C)C(=O)c2ccccc2Oc2cccc(Br)c2)n1. The zero-order valence-electron chi connectivity index (χ0n) is 14.5. The molecular formula is C19H18BrN3O3. The van der Waals surface area contributed by atoms with E-state index in [2.05, 4.69) is 26.1 Å². The van der Waals surface area contributed by atoms with Gasteiger partial charge in [-0.15, -0.1) is 0 Å². The average Bonchev–Trinajstić information content (AvgIpc) is 3.09. The van der Waals surface area contributed by atoms with Crippen molar-refractivity contribution in [3.05, 3.63) is 70.3 Å². The number of carbonyl (C=O) groups excluding carboxylic acids is 1. The van der Waals surface area contributed by atoms with Crippen molar-refractivity contribution in [1.29, 1.82) is 0 Å². The molecule has 2 aromatic carbocycles. The van der Waals surface area contributed by atoms with Crippen molar-refractivity contribution < 1.29 is 14.1 Å². The smallest absolute Gasteiger partial charge is 0.257 e. The van der Waals surface area contributed by atoms with Crippen LogP contribution in [0.15, 0.2) is 57.5 Å². The van der Waals surface area contributed by atoms with Crippen LogP contribution in [-0.2, 0) is 13.0 Å². The molecule has 1 heterocycles. The van der Waals surface area contributed by atoms with Crippen LogP contribution < -0.4 is 4.74 Å². The Morgan fingerprint density at radius 1 is 1.23 bits per heavy atom. The van der Waals surface area contributed by atoms with Gasteiger partial charge in [0, 0.05) is 17.9 Å². The number of carbonyl (C=O) groups is 1. The molecule has 1 amide bonds. The molecule has 0 saturated carbocycles. The van der Waals surface area contributed by atoms with Gasteiger partial charge < -0.3 is 14.2 Å². The number of amides is 1. The molecule has 1 aromatic heterocycles. The van der Waals surface area contributed by atoms with Gasteiger partial charge in [-0.3, -0.25) is 4.79 Å². The van der Waals surface area contributed by atoms with Crippen LogP contribution in [0.2, 0.25) is 0 Å². The number of nitrogens with zero attached hydrogens (tertiary/aromatic N) is 3. The van der Waals surface area contributed by atoms with Gasteiger partial charge in [0.2, 0.25) is 5.89 Å². The van der Waals surface area contributed by atoms with Crippen molar-refractivity contribution in [2.24, 2.45) is 0 Å². The maximum atomic E-state index is 12.9. The second-order valence-corrected chi connectivity index (χ2v) is 6.59. The Morgan fingerprint density at radius 2 is 2.04 bits per heavy atom. The summed E-state index contributed by atoms with van der Waals surface area (Å²) in [5.74, 6) is 1.98. The number of para-hydroxylation sites is 1. The number of hydrogen-bond acceptors (Lipinski definition) is 5. The molecule has 6 nitrogen and oxygen atoms in total. The highest BCUT2D eigenvalue weighted by atomic mass is 79.9. The number of hydrogen-bond donors (Lipinski definition) is 0. The van der Waals surface area contributed by atoms with Gasteiger partial charge in [-0.2, -0.15) is 4.98 Å². The van der Waals surface area contributed by atoms with Gasteiger partial charge in [-0.25, -0.2) is 0 Å². The number of benzene rings is 2. The molecule has 0 unspecified atom stereocenters. The summed E-state index contributed by atoms with van der Waals surface area (Å²) in [6.07, 6.45) is 0.685. The highest BCUT2D eigenvalue weighted by molar-refractivity contribution is 9.10. The largest absolute Gasteiger partial charge is 0.456 e. The van der Waals surface area contributed by atoms with E-state index in [9.17, 15) is 4.79 Å². The maximum Gasteiger partial charge on any atom is 0.257 e. The van der Waals surface area contributed by atoms with Gasteiger partial charge in [0.15, 0.2) is 5.82 Å². The van der Waals surface area contributed by atoms with Crippen LogP contribution in [0.1, 0.15) is 29.0 Å². The first-order valence-corrected chi connectivity index (χ1v) is 8.95. The van der Waals surface area contributed by atoms with Crippen molar-refractivity contribution in [3.63, 3.8) is 0 Å². The predicted molar refractivity (Wildman–Crippen MR) is 100 cm³/mol. The molecule has 0 aliphatic carbocycles. The molecule has 0 N–H and O–H groups in total. The fourth-order valence-electron chi connectivity index (χ4n) is 2.37. The van der Waals surface area contributed by atoms with Crippen LogP contribution in [0.25, 0.3) is 0 Å². The quantitative estimate of drug-likeness (QED) is 0.594. The molecule has 26 heavy (non-hydrogen) atoms. The summed E-state index contributed by atoms with van der Waals surface area (Å²) >= 11 is 3.41. The first-order valence-electron chi connectivity index (χ1n) is 8.16. The fraction of sp³-hybridized carbons (Fsp3) is 0.211. The molecule has 0 bridgehead atoms. The van der Waals surface area contributed by atoms with E-state index in [1.807, 2.05) is 37.3 Å². The van der Waals surface area contributed by atoms with Gasteiger partial charge in [-0.05, 0) is 30.3 Å². The number of aromatic nitrogens is 2. The van der Waals surface area contributed by atoms with Crippen LogP contribution in [0.5, 0.6) is 11.5 Å². The summed E-state index contributed by atoms with van der Waals surface area (Å²) in [5.41, 5.74) is 0.463. The lowest BCUT2D eigenvalue weighted by Gasteiger charge is -2.17. The van der Waals surface area contributed by atoms with Crippen LogP contribution in [0, 0.1) is 0 Å². The Morgan fingerprint density at radius 3 is 2.77 bits per heavy atom. The second-order valence-electron chi connectivity index (χ2n) is 5.67. The van der Waals surface area contributed by atoms with Crippen LogP contribution >= 0.6 is 15.9 Å². The Balaban J connectivity index is 1.78. The summed E-state index contributed by atoms with van der Waals surface area (Å²) < 4.78 is 12.0. The van der Waals surface area contributed by atoms with Gasteiger partial charge in [0.25, 0.3) is 5.91 Å². The zero-order valence-corrected chi connectivity index (χ0v) is 16.1. The molecule has 7 heteroatoms. The minimum atomic E-state index is -0.188. The van der Waals surface area contributed by atoms with E-state index in [1.165, 1.54) is 4.90 Å². The standard InChI is InChI=1S/C19H18BrN3O3/c1-3-17-21-18(26-22-17)12-23(2)19(24)15-9-4-5-10-16(15)25-14-8-6-7-13(20)11-14/h4-11H,3,12H2,1-2H3. The fourth-order valence-corrected chi connectivity index (χ4v) is 2.75. The molecular weight excluding hydrogens is 398 g/mol. The van der Waals surface area contributed by atoms with Gasteiger partial charge in [0.1, 0.15) is 11.5 Å². The van der Waals surface area contributed by atoms with Crippen LogP contribution in [0.4, 0.5) is 0 Å². The number of halogens is 1. The Hall–Kier alpha value is -2.67. The number of rotatable bonds is 6. The van der Waals surface area contributed by atoms with Crippen molar-refractivity contribution in [2.75, 3.05) is 7.05 Å². The lowest BCUT2D eigenvalue weighted by molar-refractivity contribution is 0.0767. The van der Waals surface area contributed by atoms with Gasteiger partial charge >= 0.3 is 0 Å². The van der Waals surface area contributed by atoms with Gasteiger partial charge in [-0.1, -0.05) is 46.2 Å². The van der Waals surface area contributed by atoms with E-state index < -0.39 is 0 Å². The third-order valence-electron chi connectivity index (χ3n) is 3.69. The molecule has 0 saturated heterocycles. The third kappa shape index (κ3) is 4.29. The lowest BCUT2D eigenvalue weighted by Crippen LogP contribution is -2.26. The minimum absolute atomic E-state index is 0.188. The predicted octanol–water partition coefficient (Wildman–Crippen LogP) is 4.46. The second kappa shape index (κ2) is 8.14. The van der Waals surface area contributed by atoms with Crippen molar-refractivity contribution in [2.45, 2.75) is 19.9 Å². The van der Waals surface area contributed by atoms with Crippen molar-refractivity contribution >= 4 is 21.8 Å². The van der Waals surface area contributed by atoms with E-state index in [0.29, 0.717) is 35.2 Å². The van der Waals surface area contributed by atoms with E-state index in [-0.39, 0.29) is 12.5 Å². The molecule has 0 aliphatic rings. The highest BCUT2D eigenvalue weighted by Gasteiger charge is 2.19. The summed E-state index contributed by atoms with van der Waals surface area (Å²) in [6.45, 7) is 2.18. The molecule has 3 aromatic rings. The number of aryl methyl sites for hydroxylation is 1. The van der Waals surface area contributed by atoms with E-state index >= 15 is 0 Å². The van der Waals surface area contributed by atoms with Crippen LogP contribution in [-0.4, -0.2) is 28.0 Å². The minimum Gasteiger partial charge on any atom is -0.456 e. The molecule has 0 spiro atoms. The molecule has 0 aliphatic heterocycles. The highest BCUT2D eigenvalue weighted by Crippen LogP contribution is 2.28. The topological polar surface area (TPSA) is 68.5 Å². The van der Waals surface area contributed by atoms with Crippen molar-refractivity contribution in [1.82, 2.24) is 15.0 Å². The van der Waals surface area contributed by atoms with Gasteiger partial charge in [0.05, 0.1) is 12.1 Å². The molecule has 3 rings (SSSR count). The Bertz CT molecular complexity index is 910. The molecule has 0 atom stereocenters. The molecule has 134 valence electrons. The van der Waals surface area contributed by atoms with E-state index in [0.717, 1.165) is 4.47 Å².